The fraction of sp³-hybridized carbons (Fsp3) is 0.174. The van der Waals surface area contributed by atoms with E-state index in [4.69, 9.17) is 9.47 Å². The summed E-state index contributed by atoms with van der Waals surface area (Å²) in [5.74, 6) is 0.418. The van der Waals surface area contributed by atoms with Crippen molar-refractivity contribution in [3.8, 4) is 17.6 Å². The fourth-order valence-electron chi connectivity index (χ4n) is 3.80. The monoisotopic (exact) mass is 391 g/mol. The van der Waals surface area contributed by atoms with Crippen molar-refractivity contribution in [3.05, 3.63) is 80.3 Å². The Labute approximate surface area is 167 Å². The maximum Gasteiger partial charge on any atom is 0.165 e. The van der Waals surface area contributed by atoms with Gasteiger partial charge < -0.3 is 9.47 Å². The van der Waals surface area contributed by atoms with Crippen LogP contribution in [0.3, 0.4) is 0 Å². The van der Waals surface area contributed by atoms with Crippen LogP contribution in [0.15, 0.2) is 41.1 Å². The Balaban J connectivity index is 1.94. The molecule has 1 aromatic heterocycles. The average Bonchev–Trinajstić information content (AvgIpc) is 3.31. The second-order valence-electron chi connectivity index (χ2n) is 6.68. The van der Waals surface area contributed by atoms with Crippen molar-refractivity contribution < 1.29 is 13.9 Å². The molecule has 1 unspecified atom stereocenters. The zero-order chi connectivity index (χ0) is 19.8. The highest BCUT2D eigenvalue weighted by Gasteiger charge is 2.32. The van der Waals surface area contributed by atoms with Gasteiger partial charge in [-0.2, -0.15) is 16.6 Å². The standard InChI is InChI=1S/C23H18FNO2S/c1-13-6-16(26-2)8-19-17(13)9-18(14-4-5-22(27-3)21(24)7-14)23(19)20-12-28-11-15(20)10-25/h4-9,11-12,23H,1-3H3. The minimum absolute atomic E-state index is 0.155. The lowest BCUT2D eigenvalue weighted by molar-refractivity contribution is 0.386. The molecule has 0 aliphatic heterocycles. The average molecular weight is 391 g/mol. The molecule has 0 saturated carbocycles. The molecule has 2 aromatic carbocycles. The molecule has 28 heavy (non-hydrogen) atoms. The second kappa shape index (κ2) is 7.14. The summed E-state index contributed by atoms with van der Waals surface area (Å²) in [4.78, 5) is 0. The predicted octanol–water partition coefficient (Wildman–Crippen LogP) is 5.77. The van der Waals surface area contributed by atoms with E-state index in [0.717, 1.165) is 39.1 Å². The van der Waals surface area contributed by atoms with Gasteiger partial charge in [-0.3, -0.25) is 0 Å². The Hall–Kier alpha value is -3.10. The summed E-state index contributed by atoms with van der Waals surface area (Å²) >= 11 is 1.50. The number of aryl methyl sites for hydroxylation is 1. The van der Waals surface area contributed by atoms with Crippen molar-refractivity contribution in [2.75, 3.05) is 14.2 Å². The molecule has 0 radical (unpaired) electrons. The van der Waals surface area contributed by atoms with Gasteiger partial charge >= 0.3 is 0 Å². The third-order valence-corrected chi connectivity index (χ3v) is 5.92. The summed E-state index contributed by atoms with van der Waals surface area (Å²) in [5, 5.41) is 13.4. The zero-order valence-corrected chi connectivity index (χ0v) is 16.6. The van der Waals surface area contributed by atoms with E-state index in [0.29, 0.717) is 5.56 Å². The summed E-state index contributed by atoms with van der Waals surface area (Å²) in [6.07, 6.45) is 2.09. The number of allylic oxidation sites excluding steroid dienone is 1. The number of hydrogen-bond donors (Lipinski definition) is 0. The van der Waals surface area contributed by atoms with Gasteiger partial charge in [-0.25, -0.2) is 4.39 Å². The molecule has 1 aliphatic rings. The van der Waals surface area contributed by atoms with Crippen LogP contribution in [0, 0.1) is 24.1 Å². The van der Waals surface area contributed by atoms with Gasteiger partial charge in [-0.05, 0) is 76.0 Å². The first-order valence-corrected chi connectivity index (χ1v) is 9.72. The Kier molecular flexibility index (Phi) is 4.66. The minimum atomic E-state index is -0.407. The van der Waals surface area contributed by atoms with Gasteiger partial charge in [0.15, 0.2) is 11.6 Å². The number of hydrogen-bond acceptors (Lipinski definition) is 4. The van der Waals surface area contributed by atoms with E-state index in [9.17, 15) is 9.65 Å². The lowest BCUT2D eigenvalue weighted by Gasteiger charge is -2.18. The van der Waals surface area contributed by atoms with Crippen LogP contribution >= 0.6 is 11.3 Å². The number of ether oxygens (including phenoxy) is 2. The number of nitriles is 1. The van der Waals surface area contributed by atoms with Crippen LogP contribution in [-0.4, -0.2) is 14.2 Å². The Bertz CT molecular complexity index is 1140. The predicted molar refractivity (Wildman–Crippen MR) is 109 cm³/mol. The van der Waals surface area contributed by atoms with E-state index in [-0.39, 0.29) is 11.7 Å². The summed E-state index contributed by atoms with van der Waals surface area (Å²) in [6.45, 7) is 2.03. The Morgan fingerprint density at radius 2 is 1.89 bits per heavy atom. The molecular weight excluding hydrogens is 373 g/mol. The first-order chi connectivity index (χ1) is 13.6. The van der Waals surface area contributed by atoms with E-state index in [1.54, 1.807) is 13.2 Å². The maximum atomic E-state index is 14.4. The highest BCUT2D eigenvalue weighted by Crippen LogP contribution is 2.49. The van der Waals surface area contributed by atoms with Gasteiger partial charge in [-0.1, -0.05) is 6.07 Å². The molecule has 1 atom stereocenters. The lowest BCUT2D eigenvalue weighted by atomic mass is 9.84. The largest absolute Gasteiger partial charge is 0.497 e. The second-order valence-corrected chi connectivity index (χ2v) is 7.43. The summed E-state index contributed by atoms with van der Waals surface area (Å²) in [5.41, 5.74) is 6.54. The van der Waals surface area contributed by atoms with Gasteiger partial charge in [0.2, 0.25) is 0 Å². The number of rotatable bonds is 4. The number of methoxy groups -OCH3 is 2. The van der Waals surface area contributed by atoms with E-state index in [1.807, 2.05) is 35.9 Å². The highest BCUT2D eigenvalue weighted by atomic mass is 32.1. The van der Waals surface area contributed by atoms with Crippen molar-refractivity contribution in [2.45, 2.75) is 12.8 Å². The molecular formula is C23H18FNO2S. The van der Waals surface area contributed by atoms with Gasteiger partial charge in [-0.15, -0.1) is 0 Å². The van der Waals surface area contributed by atoms with Crippen LogP contribution in [0.1, 0.15) is 39.3 Å². The van der Waals surface area contributed by atoms with Crippen LogP contribution < -0.4 is 9.47 Å². The molecule has 4 rings (SSSR count). The van der Waals surface area contributed by atoms with E-state index >= 15 is 0 Å². The molecule has 0 bridgehead atoms. The molecule has 3 nitrogen and oxygen atoms in total. The van der Waals surface area contributed by atoms with Crippen molar-refractivity contribution in [2.24, 2.45) is 0 Å². The molecule has 0 N–H and O–H groups in total. The smallest absolute Gasteiger partial charge is 0.165 e. The number of benzene rings is 2. The first-order valence-electron chi connectivity index (χ1n) is 8.77. The third kappa shape index (κ3) is 2.87. The minimum Gasteiger partial charge on any atom is -0.497 e. The molecule has 3 aromatic rings. The van der Waals surface area contributed by atoms with Crippen molar-refractivity contribution in [3.63, 3.8) is 0 Å². The summed E-state index contributed by atoms with van der Waals surface area (Å²) in [6, 6.07) is 11.3. The van der Waals surface area contributed by atoms with Gasteiger partial charge in [0, 0.05) is 11.3 Å². The Morgan fingerprint density at radius 3 is 2.57 bits per heavy atom. The molecule has 140 valence electrons. The molecule has 1 heterocycles. The van der Waals surface area contributed by atoms with E-state index in [1.165, 1.54) is 24.5 Å². The summed E-state index contributed by atoms with van der Waals surface area (Å²) < 4.78 is 25.0. The van der Waals surface area contributed by atoms with Crippen LogP contribution in [0.4, 0.5) is 4.39 Å². The maximum absolute atomic E-state index is 14.4. The van der Waals surface area contributed by atoms with Crippen LogP contribution in [0.5, 0.6) is 11.5 Å². The van der Waals surface area contributed by atoms with Crippen LogP contribution in [0.25, 0.3) is 11.6 Å². The van der Waals surface area contributed by atoms with E-state index < -0.39 is 5.82 Å². The van der Waals surface area contributed by atoms with Crippen LogP contribution in [0.2, 0.25) is 0 Å². The van der Waals surface area contributed by atoms with E-state index in [2.05, 4.69) is 12.1 Å². The molecule has 0 fully saturated rings. The number of nitrogens with zero attached hydrogens (tertiary/aromatic N) is 1. The quantitative estimate of drug-likeness (QED) is 0.567. The number of halogens is 1. The summed E-state index contributed by atoms with van der Waals surface area (Å²) in [7, 11) is 3.09. The normalized spacial score (nSPS) is 15.0. The zero-order valence-electron chi connectivity index (χ0n) is 15.7. The number of fused-ring (bicyclic) bond motifs is 1. The van der Waals surface area contributed by atoms with Gasteiger partial charge in [0.25, 0.3) is 0 Å². The molecule has 1 aliphatic carbocycles. The molecule has 0 saturated heterocycles. The van der Waals surface area contributed by atoms with Crippen LogP contribution in [-0.2, 0) is 0 Å². The Morgan fingerprint density at radius 1 is 1.07 bits per heavy atom. The lowest BCUT2D eigenvalue weighted by Crippen LogP contribution is -2.03. The molecule has 5 heteroatoms. The topological polar surface area (TPSA) is 42.2 Å². The fourth-order valence-corrected chi connectivity index (χ4v) is 4.61. The van der Waals surface area contributed by atoms with Crippen molar-refractivity contribution in [1.82, 2.24) is 0 Å². The van der Waals surface area contributed by atoms with Gasteiger partial charge in [0.05, 0.1) is 19.8 Å². The van der Waals surface area contributed by atoms with Crippen molar-refractivity contribution in [1.29, 1.82) is 5.26 Å². The number of thiophene rings is 1. The molecule has 0 amide bonds. The van der Waals surface area contributed by atoms with Gasteiger partial charge in [0.1, 0.15) is 11.8 Å². The highest BCUT2D eigenvalue weighted by molar-refractivity contribution is 7.08. The third-order valence-electron chi connectivity index (χ3n) is 5.16. The SMILES string of the molecule is COc1cc(C)c2c(c1)C(c1cscc1C#N)C(c1ccc(OC)c(F)c1)=C2. The first kappa shape index (κ1) is 18.3. The van der Waals surface area contributed by atoms with Crippen molar-refractivity contribution >= 4 is 23.0 Å². The molecule has 0 spiro atoms.